The smallest absolute Gasteiger partial charge is 0.298 e. The van der Waals surface area contributed by atoms with Gasteiger partial charge in [0.1, 0.15) is 0 Å². The van der Waals surface area contributed by atoms with Gasteiger partial charge >= 0.3 is 12.4 Å². The maximum atomic E-state index is 12.7. The first kappa shape index (κ1) is 17.3. The third kappa shape index (κ3) is 4.21. The fraction of sp³-hybridized carbons (Fsp3) is 0.231. The minimum atomic E-state index is -5.01. The molecular formula is C13H8F6N2OS. The second-order valence-electron chi connectivity index (χ2n) is 4.54. The van der Waals surface area contributed by atoms with E-state index < -0.39 is 35.0 Å². The summed E-state index contributed by atoms with van der Waals surface area (Å²) in [5, 5.41) is 3.82. The van der Waals surface area contributed by atoms with Crippen molar-refractivity contribution in [2.45, 2.75) is 19.3 Å². The first-order valence-corrected chi connectivity index (χ1v) is 6.88. The van der Waals surface area contributed by atoms with Crippen LogP contribution in [0.3, 0.4) is 0 Å². The van der Waals surface area contributed by atoms with Gasteiger partial charge in [0.25, 0.3) is 5.91 Å². The van der Waals surface area contributed by atoms with Crippen LogP contribution in [0.15, 0.2) is 23.6 Å². The highest BCUT2D eigenvalue weighted by Crippen LogP contribution is 2.36. The molecule has 0 radical (unpaired) electrons. The van der Waals surface area contributed by atoms with E-state index in [1.165, 1.54) is 0 Å². The summed E-state index contributed by atoms with van der Waals surface area (Å²) in [7, 11) is 0. The van der Waals surface area contributed by atoms with Gasteiger partial charge in [0.2, 0.25) is 0 Å². The molecule has 0 atom stereocenters. The summed E-state index contributed by atoms with van der Waals surface area (Å²) in [5.41, 5.74) is -3.29. The van der Waals surface area contributed by atoms with Crippen molar-refractivity contribution in [1.82, 2.24) is 4.98 Å². The average Bonchev–Trinajstić information content (AvgIpc) is 2.81. The molecule has 1 aromatic heterocycles. The molecule has 0 saturated heterocycles. The number of alkyl halides is 6. The molecule has 2 aromatic rings. The van der Waals surface area contributed by atoms with Gasteiger partial charge in [-0.25, -0.2) is 4.98 Å². The molecule has 3 nitrogen and oxygen atoms in total. The Morgan fingerprint density at radius 3 is 1.96 bits per heavy atom. The highest BCUT2D eigenvalue weighted by molar-refractivity contribution is 7.13. The summed E-state index contributed by atoms with van der Waals surface area (Å²) in [6, 6.07) is 0.695. The highest BCUT2D eigenvalue weighted by atomic mass is 32.1. The number of aryl methyl sites for hydroxylation is 1. The Labute approximate surface area is 130 Å². The van der Waals surface area contributed by atoms with Crippen LogP contribution in [0, 0.1) is 6.92 Å². The van der Waals surface area contributed by atoms with Gasteiger partial charge in [-0.1, -0.05) is 0 Å². The van der Waals surface area contributed by atoms with E-state index in [0.717, 1.165) is 11.3 Å². The van der Waals surface area contributed by atoms with Crippen molar-refractivity contribution in [3.05, 3.63) is 46.0 Å². The fourth-order valence-corrected chi connectivity index (χ4v) is 2.35. The van der Waals surface area contributed by atoms with E-state index in [2.05, 4.69) is 10.3 Å². The van der Waals surface area contributed by atoms with Gasteiger partial charge < -0.3 is 0 Å². The van der Waals surface area contributed by atoms with Crippen LogP contribution in [0.4, 0.5) is 31.5 Å². The first-order valence-electron chi connectivity index (χ1n) is 6.00. The molecule has 124 valence electrons. The van der Waals surface area contributed by atoms with Crippen molar-refractivity contribution >= 4 is 22.4 Å². The lowest BCUT2D eigenvalue weighted by molar-refractivity contribution is -0.143. The SMILES string of the molecule is Cc1csc(NC(=O)c2cc(C(F)(F)F)cc(C(F)(F)F)c2)n1. The summed E-state index contributed by atoms with van der Waals surface area (Å²) in [6.07, 6.45) is -10.0. The minimum Gasteiger partial charge on any atom is -0.298 e. The molecule has 1 amide bonds. The Kier molecular flexibility index (Phi) is 4.38. The second-order valence-corrected chi connectivity index (χ2v) is 5.40. The van der Waals surface area contributed by atoms with Crippen molar-refractivity contribution in [1.29, 1.82) is 0 Å². The van der Waals surface area contributed by atoms with Crippen molar-refractivity contribution in [3.8, 4) is 0 Å². The largest absolute Gasteiger partial charge is 0.416 e. The maximum Gasteiger partial charge on any atom is 0.416 e. The monoisotopic (exact) mass is 354 g/mol. The van der Waals surface area contributed by atoms with Crippen LogP contribution in [0.25, 0.3) is 0 Å². The molecule has 0 bridgehead atoms. The van der Waals surface area contributed by atoms with Crippen LogP contribution in [-0.4, -0.2) is 10.9 Å². The number of anilines is 1. The molecule has 0 aliphatic rings. The molecular weight excluding hydrogens is 346 g/mol. The molecule has 10 heteroatoms. The average molecular weight is 354 g/mol. The van der Waals surface area contributed by atoms with Crippen LogP contribution in [0.5, 0.6) is 0 Å². The Balaban J connectivity index is 2.42. The van der Waals surface area contributed by atoms with Gasteiger partial charge in [-0.15, -0.1) is 11.3 Å². The van der Waals surface area contributed by atoms with Gasteiger partial charge in [-0.3, -0.25) is 10.1 Å². The zero-order chi connectivity index (χ0) is 17.4. The predicted molar refractivity (Wildman–Crippen MR) is 71.3 cm³/mol. The van der Waals surface area contributed by atoms with E-state index >= 15 is 0 Å². The number of hydrogen-bond acceptors (Lipinski definition) is 3. The molecule has 0 aliphatic carbocycles. The predicted octanol–water partition coefficient (Wildman–Crippen LogP) is 4.74. The number of carbonyl (C=O) groups excluding carboxylic acids is 1. The van der Waals surface area contributed by atoms with Gasteiger partial charge in [0.15, 0.2) is 5.13 Å². The van der Waals surface area contributed by atoms with E-state index in [-0.39, 0.29) is 11.2 Å². The van der Waals surface area contributed by atoms with E-state index in [1.807, 2.05) is 0 Å². The van der Waals surface area contributed by atoms with E-state index in [1.54, 1.807) is 12.3 Å². The molecule has 0 fully saturated rings. The molecule has 0 unspecified atom stereocenters. The topological polar surface area (TPSA) is 42.0 Å². The molecule has 2 rings (SSSR count). The van der Waals surface area contributed by atoms with Gasteiger partial charge in [0.05, 0.1) is 16.8 Å². The number of nitrogens with one attached hydrogen (secondary N) is 1. The van der Waals surface area contributed by atoms with Gasteiger partial charge in [0, 0.05) is 10.9 Å². The molecule has 1 N–H and O–H groups in total. The van der Waals surface area contributed by atoms with Crippen molar-refractivity contribution < 1.29 is 31.1 Å². The number of benzene rings is 1. The van der Waals surface area contributed by atoms with Crippen LogP contribution in [0.1, 0.15) is 27.2 Å². The lowest BCUT2D eigenvalue weighted by Crippen LogP contribution is -2.17. The number of hydrogen-bond donors (Lipinski definition) is 1. The number of halogens is 6. The number of carbonyl (C=O) groups is 1. The minimum absolute atomic E-state index is 0.0374. The zero-order valence-electron chi connectivity index (χ0n) is 11.3. The number of nitrogens with zero attached hydrogens (tertiary/aromatic N) is 1. The second kappa shape index (κ2) is 5.84. The third-order valence-corrected chi connectivity index (χ3v) is 3.56. The van der Waals surface area contributed by atoms with Crippen molar-refractivity contribution in [2.24, 2.45) is 0 Å². The molecule has 23 heavy (non-hydrogen) atoms. The highest BCUT2D eigenvalue weighted by Gasteiger charge is 2.37. The molecule has 1 aromatic carbocycles. The van der Waals surface area contributed by atoms with Crippen LogP contribution in [0.2, 0.25) is 0 Å². The van der Waals surface area contributed by atoms with Crippen LogP contribution >= 0.6 is 11.3 Å². The van der Waals surface area contributed by atoms with E-state index in [9.17, 15) is 31.1 Å². The summed E-state index contributed by atoms with van der Waals surface area (Å²) in [4.78, 5) is 15.8. The maximum absolute atomic E-state index is 12.7. The summed E-state index contributed by atoms with van der Waals surface area (Å²) >= 11 is 1.00. The number of rotatable bonds is 2. The van der Waals surface area contributed by atoms with Gasteiger partial charge in [-0.2, -0.15) is 26.3 Å². The lowest BCUT2D eigenvalue weighted by Gasteiger charge is -2.13. The normalized spacial score (nSPS) is 12.3. The Morgan fingerprint density at radius 2 is 1.57 bits per heavy atom. The molecule has 0 aliphatic heterocycles. The third-order valence-electron chi connectivity index (χ3n) is 2.69. The molecule has 0 spiro atoms. The Morgan fingerprint density at radius 1 is 1.04 bits per heavy atom. The quantitative estimate of drug-likeness (QED) is 0.792. The van der Waals surface area contributed by atoms with E-state index in [0.29, 0.717) is 17.8 Å². The number of amides is 1. The molecule has 1 heterocycles. The zero-order valence-corrected chi connectivity index (χ0v) is 12.2. The van der Waals surface area contributed by atoms with Crippen molar-refractivity contribution in [2.75, 3.05) is 5.32 Å². The van der Waals surface area contributed by atoms with Crippen LogP contribution < -0.4 is 5.32 Å². The lowest BCUT2D eigenvalue weighted by atomic mass is 10.0. The number of aromatic nitrogens is 1. The van der Waals surface area contributed by atoms with Gasteiger partial charge in [-0.05, 0) is 25.1 Å². The summed E-state index contributed by atoms with van der Waals surface area (Å²) in [6.45, 7) is 1.62. The van der Waals surface area contributed by atoms with Crippen LogP contribution in [-0.2, 0) is 12.4 Å². The summed E-state index contributed by atoms with van der Waals surface area (Å²) in [5.74, 6) is -1.10. The number of thiazole rings is 1. The van der Waals surface area contributed by atoms with E-state index in [4.69, 9.17) is 0 Å². The molecule has 0 saturated carbocycles. The Hall–Kier alpha value is -2.10. The van der Waals surface area contributed by atoms with Crippen molar-refractivity contribution in [3.63, 3.8) is 0 Å². The standard InChI is InChI=1S/C13H8F6N2OS/c1-6-5-23-11(20-6)21-10(22)7-2-8(12(14,15)16)4-9(3-7)13(17,18)19/h2-5H,1H3,(H,20,21,22). The first-order chi connectivity index (χ1) is 10.5. The Bertz CT molecular complexity index is 703. The summed E-state index contributed by atoms with van der Waals surface area (Å²) < 4.78 is 76.3. The fourth-order valence-electron chi connectivity index (χ4n) is 1.67.